The van der Waals surface area contributed by atoms with Crippen molar-refractivity contribution in [3.63, 3.8) is 0 Å². The number of hydrogen-bond acceptors (Lipinski definition) is 5. The molecule has 0 unspecified atom stereocenters. The van der Waals surface area contributed by atoms with Crippen molar-refractivity contribution >= 4 is 23.6 Å². The molecule has 1 heterocycles. The van der Waals surface area contributed by atoms with Crippen molar-refractivity contribution in [1.82, 2.24) is 4.74 Å². The lowest BCUT2D eigenvalue weighted by molar-refractivity contribution is -0.138. The number of aromatic nitrogens is 1. The summed E-state index contributed by atoms with van der Waals surface area (Å²) < 4.78 is 5.74. The smallest absolute Gasteiger partial charge is 0.303 e. The maximum absolute atomic E-state index is 11.7. The monoisotopic (exact) mass is 285 g/mol. The fourth-order valence-corrected chi connectivity index (χ4v) is 3.12. The van der Waals surface area contributed by atoms with E-state index in [1.807, 2.05) is 0 Å². The molecule has 19 heavy (non-hydrogen) atoms. The maximum Gasteiger partial charge on any atom is 0.303 e. The predicted molar refractivity (Wildman–Crippen MR) is 69.6 cm³/mol. The van der Waals surface area contributed by atoms with Gasteiger partial charge in [0.25, 0.3) is 11.5 Å². The van der Waals surface area contributed by atoms with Gasteiger partial charge in [-0.25, -0.2) is 0 Å². The first-order valence-corrected chi connectivity index (χ1v) is 7.10. The number of rotatable bonds is 6. The van der Waals surface area contributed by atoms with E-state index in [-0.39, 0.29) is 17.6 Å². The molecule has 0 aromatic carbocycles. The van der Waals surface area contributed by atoms with Crippen LogP contribution in [0.15, 0.2) is 15.4 Å². The van der Waals surface area contributed by atoms with E-state index in [0.29, 0.717) is 11.5 Å². The molecule has 104 valence electrons. The molecular weight excluding hydrogens is 270 g/mol. The van der Waals surface area contributed by atoms with E-state index in [1.165, 1.54) is 17.8 Å². The van der Waals surface area contributed by atoms with Crippen molar-refractivity contribution in [3.8, 4) is 0 Å². The number of aryl methyl sites for hydroxylation is 1. The number of nitrogens with zero attached hydrogens (tertiary/aromatic N) is 1. The Hall–Kier alpha value is -1.50. The van der Waals surface area contributed by atoms with Crippen LogP contribution in [0.25, 0.3) is 0 Å². The van der Waals surface area contributed by atoms with E-state index in [4.69, 9.17) is 9.63 Å². The quantitative estimate of drug-likeness (QED) is 0.849. The second kappa shape index (κ2) is 5.24. The Morgan fingerprint density at radius 2 is 2.21 bits per heavy atom. The Labute approximate surface area is 113 Å². The molecule has 1 aliphatic rings. The third kappa shape index (κ3) is 3.50. The number of hydrogen-bond donors (Lipinski definition) is 1. The van der Waals surface area contributed by atoms with Gasteiger partial charge in [0.05, 0.1) is 12.2 Å². The summed E-state index contributed by atoms with van der Waals surface area (Å²) >= 11 is 1.35. The molecule has 0 bridgehead atoms. The Kier molecular flexibility index (Phi) is 3.84. The SMILES string of the molecule is Cc1cc(=O)n(C(=O)CSCC2(CC(=O)O)CC2)o1. The largest absolute Gasteiger partial charge is 0.481 e. The van der Waals surface area contributed by atoms with Crippen LogP contribution in [0.2, 0.25) is 0 Å². The van der Waals surface area contributed by atoms with Gasteiger partial charge in [0.15, 0.2) is 0 Å². The van der Waals surface area contributed by atoms with Crippen LogP contribution in [-0.4, -0.2) is 33.2 Å². The molecule has 0 aliphatic heterocycles. The van der Waals surface area contributed by atoms with Crippen LogP contribution < -0.4 is 5.56 Å². The van der Waals surface area contributed by atoms with Gasteiger partial charge in [-0.2, -0.15) is 11.8 Å². The molecule has 1 aromatic heterocycles. The third-order valence-electron chi connectivity index (χ3n) is 3.11. The fourth-order valence-electron chi connectivity index (χ4n) is 1.90. The number of carboxylic acid groups (broad SMARTS) is 1. The van der Waals surface area contributed by atoms with Crippen LogP contribution in [-0.2, 0) is 4.79 Å². The zero-order chi connectivity index (χ0) is 14.0. The topological polar surface area (TPSA) is 89.5 Å². The lowest BCUT2D eigenvalue weighted by Gasteiger charge is -2.10. The summed E-state index contributed by atoms with van der Waals surface area (Å²) in [5.41, 5.74) is -0.615. The minimum atomic E-state index is -0.803. The first-order chi connectivity index (χ1) is 8.92. The average molecular weight is 285 g/mol. The highest BCUT2D eigenvalue weighted by Gasteiger charge is 2.44. The highest BCUT2D eigenvalue weighted by Crippen LogP contribution is 2.50. The van der Waals surface area contributed by atoms with Crippen molar-refractivity contribution in [1.29, 1.82) is 0 Å². The van der Waals surface area contributed by atoms with Gasteiger partial charge < -0.3 is 9.63 Å². The molecule has 0 spiro atoms. The summed E-state index contributed by atoms with van der Waals surface area (Å²) in [6, 6.07) is 1.26. The average Bonchev–Trinajstić information content (AvgIpc) is 2.95. The van der Waals surface area contributed by atoms with Crippen LogP contribution in [0.4, 0.5) is 0 Å². The maximum atomic E-state index is 11.7. The third-order valence-corrected chi connectivity index (χ3v) is 4.37. The molecule has 1 aromatic rings. The molecule has 0 atom stereocenters. The second-order valence-corrected chi connectivity index (χ2v) is 5.92. The second-order valence-electron chi connectivity index (χ2n) is 4.94. The highest BCUT2D eigenvalue weighted by molar-refractivity contribution is 8.00. The molecule has 1 fully saturated rings. The summed E-state index contributed by atoms with van der Waals surface area (Å²) in [5, 5.41) is 8.78. The van der Waals surface area contributed by atoms with E-state index in [2.05, 4.69) is 0 Å². The first kappa shape index (κ1) is 13.9. The van der Waals surface area contributed by atoms with Gasteiger partial charge >= 0.3 is 5.97 Å². The zero-order valence-electron chi connectivity index (χ0n) is 10.5. The standard InChI is InChI=1S/C12H15NO5S/c1-8-4-9(14)13(18-8)10(15)6-19-7-12(2-3-12)5-11(16)17/h4H,2-3,5-7H2,1H3,(H,16,17). The summed E-state index contributed by atoms with van der Waals surface area (Å²) in [5.74, 6) is -0.0716. The van der Waals surface area contributed by atoms with Crippen molar-refractivity contribution in [2.24, 2.45) is 5.41 Å². The van der Waals surface area contributed by atoms with E-state index in [9.17, 15) is 14.4 Å². The predicted octanol–water partition coefficient (Wildman–Crippen LogP) is 1.38. The molecule has 7 heteroatoms. The van der Waals surface area contributed by atoms with E-state index < -0.39 is 17.4 Å². The summed E-state index contributed by atoms with van der Waals surface area (Å²) in [6.45, 7) is 1.60. The van der Waals surface area contributed by atoms with Crippen LogP contribution >= 0.6 is 11.8 Å². The molecule has 1 saturated carbocycles. The van der Waals surface area contributed by atoms with Crippen LogP contribution in [0.1, 0.15) is 29.8 Å². The van der Waals surface area contributed by atoms with Crippen molar-refractivity contribution in [3.05, 3.63) is 22.2 Å². The molecule has 0 radical (unpaired) electrons. The lowest BCUT2D eigenvalue weighted by atomic mass is 10.1. The minimum Gasteiger partial charge on any atom is -0.481 e. The van der Waals surface area contributed by atoms with Crippen molar-refractivity contribution in [2.75, 3.05) is 11.5 Å². The first-order valence-electron chi connectivity index (χ1n) is 5.95. The Bertz CT molecular complexity index is 555. The van der Waals surface area contributed by atoms with Crippen LogP contribution in [0, 0.1) is 12.3 Å². The zero-order valence-corrected chi connectivity index (χ0v) is 11.4. The van der Waals surface area contributed by atoms with Gasteiger partial charge in [0, 0.05) is 6.07 Å². The molecule has 0 saturated heterocycles. The van der Waals surface area contributed by atoms with E-state index in [0.717, 1.165) is 17.6 Å². The number of carbonyl (C=O) groups is 2. The highest BCUT2D eigenvalue weighted by atomic mass is 32.2. The summed E-state index contributed by atoms with van der Waals surface area (Å²) in [4.78, 5) is 33.8. The fraction of sp³-hybridized carbons (Fsp3) is 0.583. The number of thioether (sulfide) groups is 1. The van der Waals surface area contributed by atoms with E-state index in [1.54, 1.807) is 6.92 Å². The molecule has 1 aliphatic carbocycles. The Morgan fingerprint density at radius 1 is 1.53 bits per heavy atom. The van der Waals surface area contributed by atoms with Gasteiger partial charge in [0.1, 0.15) is 5.76 Å². The molecule has 1 N–H and O–H groups in total. The number of carboxylic acids is 1. The molecule has 6 nitrogen and oxygen atoms in total. The van der Waals surface area contributed by atoms with E-state index >= 15 is 0 Å². The lowest BCUT2D eigenvalue weighted by Crippen LogP contribution is -2.24. The van der Waals surface area contributed by atoms with Crippen LogP contribution in [0.5, 0.6) is 0 Å². The number of carbonyl (C=O) groups excluding carboxylic acids is 1. The molecule has 0 amide bonds. The van der Waals surface area contributed by atoms with Gasteiger partial charge in [0.2, 0.25) is 0 Å². The van der Waals surface area contributed by atoms with Crippen molar-refractivity contribution < 1.29 is 19.2 Å². The van der Waals surface area contributed by atoms with Gasteiger partial charge in [-0.1, -0.05) is 0 Å². The summed E-state index contributed by atoms with van der Waals surface area (Å²) in [6.07, 6.45) is 1.93. The molecular formula is C12H15NO5S. The minimum absolute atomic E-state index is 0.119. The molecule has 2 rings (SSSR count). The normalized spacial score (nSPS) is 16.3. The van der Waals surface area contributed by atoms with Gasteiger partial charge in [-0.15, -0.1) is 4.74 Å². The summed E-state index contributed by atoms with van der Waals surface area (Å²) in [7, 11) is 0. The van der Waals surface area contributed by atoms with Gasteiger partial charge in [-0.05, 0) is 30.9 Å². The van der Waals surface area contributed by atoms with Crippen molar-refractivity contribution in [2.45, 2.75) is 26.2 Å². The Morgan fingerprint density at radius 3 is 2.68 bits per heavy atom. The van der Waals surface area contributed by atoms with Crippen LogP contribution in [0.3, 0.4) is 0 Å². The Balaban J connectivity index is 1.83. The number of aliphatic carboxylic acids is 1. The van der Waals surface area contributed by atoms with Gasteiger partial charge in [-0.3, -0.25) is 14.4 Å².